The van der Waals surface area contributed by atoms with Crippen molar-refractivity contribution in [3.8, 4) is 17.0 Å². The van der Waals surface area contributed by atoms with Crippen LogP contribution in [0.15, 0.2) is 42.5 Å². The number of carbonyl (C=O) groups excluding carboxylic acids is 1. The fraction of sp³-hybridized carbons (Fsp3) is 0.500. The minimum Gasteiger partial charge on any atom is -0.489 e. The molecule has 6 rings (SSSR count). The number of aromatic nitrogens is 2. The van der Waals surface area contributed by atoms with Gasteiger partial charge in [-0.1, -0.05) is 29.8 Å². The molecule has 43 heavy (non-hydrogen) atoms. The van der Waals surface area contributed by atoms with Crippen LogP contribution in [0.1, 0.15) is 47.8 Å². The minimum absolute atomic E-state index is 0.0152. The largest absolute Gasteiger partial charge is 0.489 e. The van der Waals surface area contributed by atoms with Crippen LogP contribution in [0.4, 0.5) is 5.82 Å². The average Bonchev–Trinajstić information content (AvgIpc) is 2.97. The zero-order valence-electron chi connectivity index (χ0n) is 25.4. The quantitative estimate of drug-likeness (QED) is 0.345. The van der Waals surface area contributed by atoms with Crippen molar-refractivity contribution < 1.29 is 24.5 Å². The number of ketones is 1. The van der Waals surface area contributed by atoms with Crippen LogP contribution in [-0.2, 0) is 29.0 Å². The highest BCUT2D eigenvalue weighted by molar-refractivity contribution is 5.83. The number of Topliss-reactive ketones (excluding diaryl/α,β-unsaturated/α-hetero) is 1. The van der Waals surface area contributed by atoms with Crippen LogP contribution in [0.3, 0.4) is 0 Å². The van der Waals surface area contributed by atoms with Gasteiger partial charge in [0.05, 0.1) is 18.4 Å². The molecule has 3 aromatic rings. The Morgan fingerprint density at radius 1 is 1.00 bits per heavy atom. The second-order valence-corrected chi connectivity index (χ2v) is 12.3. The third kappa shape index (κ3) is 6.45. The van der Waals surface area contributed by atoms with Crippen molar-refractivity contribution >= 4 is 11.6 Å². The van der Waals surface area contributed by atoms with Crippen LogP contribution in [0.5, 0.6) is 5.75 Å². The zero-order valence-corrected chi connectivity index (χ0v) is 25.4. The first-order valence-electron chi connectivity index (χ1n) is 15.4. The summed E-state index contributed by atoms with van der Waals surface area (Å²) in [6, 6.07) is 14.8. The van der Waals surface area contributed by atoms with Crippen molar-refractivity contribution in [1.29, 1.82) is 0 Å². The summed E-state index contributed by atoms with van der Waals surface area (Å²) in [5.41, 5.74) is 7.13. The van der Waals surface area contributed by atoms with Crippen LogP contribution in [0, 0.1) is 19.8 Å². The lowest BCUT2D eigenvalue weighted by Gasteiger charge is -2.41. The lowest BCUT2D eigenvalue weighted by Crippen LogP contribution is -2.52. The van der Waals surface area contributed by atoms with Crippen molar-refractivity contribution in [2.24, 2.45) is 5.92 Å². The van der Waals surface area contributed by atoms with Crippen molar-refractivity contribution in [2.45, 2.75) is 65.0 Å². The number of aryl methyl sites for hydroxylation is 3. The third-order valence-corrected chi connectivity index (χ3v) is 9.21. The highest BCUT2D eigenvalue weighted by Crippen LogP contribution is 2.39. The number of benzene rings is 2. The number of carbonyl (C=O) groups is 1. The summed E-state index contributed by atoms with van der Waals surface area (Å²) in [6.07, 6.45) is 2.83. The van der Waals surface area contributed by atoms with Gasteiger partial charge in [0.1, 0.15) is 24.0 Å². The van der Waals surface area contributed by atoms with Crippen molar-refractivity contribution in [3.63, 3.8) is 0 Å². The van der Waals surface area contributed by atoms with Gasteiger partial charge in [0.15, 0.2) is 5.78 Å². The van der Waals surface area contributed by atoms with E-state index in [0.717, 1.165) is 74.2 Å². The Morgan fingerprint density at radius 2 is 1.74 bits per heavy atom. The van der Waals surface area contributed by atoms with Crippen molar-refractivity contribution in [1.82, 2.24) is 14.9 Å². The van der Waals surface area contributed by atoms with Crippen LogP contribution in [0.2, 0.25) is 0 Å². The monoisotopic (exact) mass is 586 g/mol. The summed E-state index contributed by atoms with van der Waals surface area (Å²) in [5, 5.41) is 19.8. The molecule has 1 saturated heterocycles. The third-order valence-electron chi connectivity index (χ3n) is 9.21. The molecule has 9 heteroatoms. The topological polar surface area (TPSA) is 108 Å². The lowest BCUT2D eigenvalue weighted by atomic mass is 9.75. The van der Waals surface area contributed by atoms with Gasteiger partial charge in [-0.05, 0) is 68.9 Å². The molecule has 0 spiro atoms. The maximum absolute atomic E-state index is 11.4. The number of aliphatic hydroxyl groups is 2. The summed E-state index contributed by atoms with van der Waals surface area (Å²) < 4.78 is 12.1. The number of nitrogens with zero attached hydrogens (tertiary/aromatic N) is 4. The van der Waals surface area contributed by atoms with Crippen LogP contribution in [0.25, 0.3) is 11.3 Å². The van der Waals surface area contributed by atoms with E-state index in [-0.39, 0.29) is 6.10 Å². The predicted molar refractivity (Wildman–Crippen MR) is 164 cm³/mol. The predicted octanol–water partition coefficient (Wildman–Crippen LogP) is 3.63. The summed E-state index contributed by atoms with van der Waals surface area (Å²) in [4.78, 5) is 26.0. The normalized spacial score (nSPS) is 20.3. The maximum atomic E-state index is 11.4. The molecule has 0 radical (unpaired) electrons. The fourth-order valence-electron chi connectivity index (χ4n) is 6.35. The Balaban J connectivity index is 1.03. The van der Waals surface area contributed by atoms with E-state index in [0.29, 0.717) is 26.1 Å². The number of hydrogen-bond donors (Lipinski definition) is 2. The van der Waals surface area contributed by atoms with Gasteiger partial charge in [-0.3, -0.25) is 9.69 Å². The summed E-state index contributed by atoms with van der Waals surface area (Å²) >= 11 is 0. The number of fused-ring (bicyclic) bond motifs is 3. The SMILES string of the molecule is CC(=O)C(O)(O)[C@H]1C[C@@H](OCCN2CCN(c3nc(C)nc4c3CCc3cc(OCc5ccc(C)cc5)ccc3-4)CC2)C1. The fourth-order valence-corrected chi connectivity index (χ4v) is 6.35. The maximum Gasteiger partial charge on any atom is 0.226 e. The minimum atomic E-state index is -2.23. The number of anilines is 1. The molecule has 1 aromatic heterocycles. The molecular formula is C34H42N4O5. The van der Waals surface area contributed by atoms with Crippen LogP contribution >= 0.6 is 0 Å². The van der Waals surface area contributed by atoms with E-state index in [2.05, 4.69) is 59.2 Å². The van der Waals surface area contributed by atoms with Gasteiger partial charge < -0.3 is 24.6 Å². The first-order chi connectivity index (χ1) is 20.7. The molecular weight excluding hydrogens is 544 g/mol. The van der Waals surface area contributed by atoms with E-state index in [1.54, 1.807) is 0 Å². The van der Waals surface area contributed by atoms with Gasteiger partial charge in [-0.2, -0.15) is 0 Å². The van der Waals surface area contributed by atoms with E-state index in [1.165, 1.54) is 29.2 Å². The molecule has 1 aliphatic heterocycles. The smallest absolute Gasteiger partial charge is 0.226 e. The number of piperazine rings is 1. The molecule has 2 N–H and O–H groups in total. The van der Waals surface area contributed by atoms with E-state index in [9.17, 15) is 15.0 Å². The van der Waals surface area contributed by atoms with E-state index in [1.807, 2.05) is 6.92 Å². The van der Waals surface area contributed by atoms with Gasteiger partial charge in [-0.15, -0.1) is 0 Å². The van der Waals surface area contributed by atoms with Gasteiger partial charge in [0.25, 0.3) is 0 Å². The van der Waals surface area contributed by atoms with E-state index in [4.69, 9.17) is 19.4 Å². The number of hydrogen-bond acceptors (Lipinski definition) is 9. The Labute approximate surface area is 253 Å². The van der Waals surface area contributed by atoms with Gasteiger partial charge >= 0.3 is 0 Å². The molecule has 9 nitrogen and oxygen atoms in total. The highest BCUT2D eigenvalue weighted by atomic mass is 16.5. The average molecular weight is 587 g/mol. The molecule has 3 aliphatic rings. The summed E-state index contributed by atoms with van der Waals surface area (Å²) in [6.45, 7) is 10.9. The van der Waals surface area contributed by atoms with Gasteiger partial charge in [-0.25, -0.2) is 9.97 Å². The molecule has 0 atom stereocenters. The van der Waals surface area contributed by atoms with Crippen LogP contribution in [-0.4, -0.2) is 82.1 Å². The molecule has 0 unspecified atom stereocenters. The second kappa shape index (κ2) is 12.3. The van der Waals surface area contributed by atoms with Crippen LogP contribution < -0.4 is 9.64 Å². The van der Waals surface area contributed by atoms with Gasteiger partial charge in [0, 0.05) is 56.7 Å². The van der Waals surface area contributed by atoms with Crippen molar-refractivity contribution in [2.75, 3.05) is 44.2 Å². The molecule has 2 aromatic carbocycles. The molecule has 2 aliphatic carbocycles. The Hall–Kier alpha value is -3.37. The Morgan fingerprint density at radius 3 is 2.47 bits per heavy atom. The zero-order chi connectivity index (χ0) is 30.1. The first-order valence-corrected chi connectivity index (χ1v) is 15.4. The molecule has 228 valence electrons. The number of rotatable bonds is 10. The standard InChI is InChI=1S/C34H42N4O5/c1-22-4-6-25(7-5-22)21-43-28-9-11-30-26(18-28)8-10-31-32(30)35-24(3)36-33(31)38-14-12-37(13-15-38)16-17-42-29-19-27(20-29)34(40,41)23(2)39/h4-7,9,11,18,27,29,40-41H,8,10,12-17,19-21H2,1-3H3/t27-,29+. The second-order valence-electron chi connectivity index (χ2n) is 12.3. The number of ether oxygens (including phenoxy) is 2. The molecule has 1 saturated carbocycles. The van der Waals surface area contributed by atoms with Crippen molar-refractivity contribution in [3.05, 3.63) is 70.5 Å². The molecule has 2 fully saturated rings. The molecule has 0 amide bonds. The first kappa shape index (κ1) is 29.7. The highest BCUT2D eigenvalue weighted by Gasteiger charge is 2.47. The van der Waals surface area contributed by atoms with Gasteiger partial charge in [0.2, 0.25) is 5.79 Å². The Kier molecular flexibility index (Phi) is 8.51. The van der Waals surface area contributed by atoms with E-state index >= 15 is 0 Å². The summed E-state index contributed by atoms with van der Waals surface area (Å²) in [5.74, 6) is -0.534. The molecule has 0 bridgehead atoms. The molecule has 2 heterocycles. The lowest BCUT2D eigenvalue weighted by molar-refractivity contribution is -0.228. The Bertz CT molecular complexity index is 1460. The summed E-state index contributed by atoms with van der Waals surface area (Å²) in [7, 11) is 0. The van der Waals surface area contributed by atoms with E-state index < -0.39 is 17.5 Å².